The lowest BCUT2D eigenvalue weighted by Gasteiger charge is -2.15. The summed E-state index contributed by atoms with van der Waals surface area (Å²) in [6, 6.07) is 0. The minimum Gasteiger partial charge on any atom is -0.364 e. The molecule has 0 rings (SSSR count). The van der Waals surface area contributed by atoms with Crippen molar-refractivity contribution in [2.75, 3.05) is 6.61 Å². The van der Waals surface area contributed by atoms with Crippen LogP contribution in [0.1, 0.15) is 58.8 Å². The van der Waals surface area contributed by atoms with Crippen LogP contribution in [0.5, 0.6) is 0 Å². The number of unbranched alkanes of at least 4 members (excludes halogenated alkanes) is 5. The number of carbonyl (C=O) groups excluding carboxylic acids is 2. The highest BCUT2D eigenvalue weighted by atomic mass is 16.5. The maximum Gasteiger partial charge on any atom is 0.255 e. The summed E-state index contributed by atoms with van der Waals surface area (Å²) in [6.45, 7) is 7.40. The third-order valence-corrected chi connectivity index (χ3v) is 2.83. The Kier molecular flexibility index (Phi) is 11.2. The molecule has 0 spiro atoms. The highest BCUT2D eigenvalue weighted by molar-refractivity contribution is 5.96. The standard InChI is InChI=1S/C15H27NO3/c1-4-6-7-8-9-10-11-14(19-12-5-2)15(18)16-13(3)17/h5,14H,2,4,6-12H2,1,3H3,(H,16,17,18). The van der Waals surface area contributed by atoms with Gasteiger partial charge in [-0.1, -0.05) is 51.5 Å². The number of imide groups is 1. The van der Waals surface area contributed by atoms with Crippen LogP contribution in [-0.2, 0) is 14.3 Å². The Morgan fingerprint density at radius 1 is 1.21 bits per heavy atom. The van der Waals surface area contributed by atoms with E-state index in [4.69, 9.17) is 4.74 Å². The van der Waals surface area contributed by atoms with Crippen molar-refractivity contribution < 1.29 is 14.3 Å². The van der Waals surface area contributed by atoms with Gasteiger partial charge in [-0.2, -0.15) is 0 Å². The van der Waals surface area contributed by atoms with Crippen molar-refractivity contribution in [2.24, 2.45) is 0 Å². The number of rotatable bonds is 11. The normalized spacial score (nSPS) is 11.9. The molecule has 0 aliphatic carbocycles. The highest BCUT2D eigenvalue weighted by Crippen LogP contribution is 2.10. The smallest absolute Gasteiger partial charge is 0.255 e. The second-order valence-electron chi connectivity index (χ2n) is 4.71. The van der Waals surface area contributed by atoms with E-state index in [9.17, 15) is 9.59 Å². The van der Waals surface area contributed by atoms with Crippen LogP contribution in [0.25, 0.3) is 0 Å². The van der Waals surface area contributed by atoms with Gasteiger partial charge in [0.2, 0.25) is 5.91 Å². The van der Waals surface area contributed by atoms with E-state index in [1.165, 1.54) is 32.6 Å². The maximum absolute atomic E-state index is 11.7. The predicted octanol–water partition coefficient (Wildman–Crippen LogP) is 2.97. The zero-order valence-electron chi connectivity index (χ0n) is 12.2. The van der Waals surface area contributed by atoms with E-state index in [0.717, 1.165) is 12.8 Å². The summed E-state index contributed by atoms with van der Waals surface area (Å²) in [4.78, 5) is 22.6. The van der Waals surface area contributed by atoms with E-state index in [-0.39, 0.29) is 11.8 Å². The highest BCUT2D eigenvalue weighted by Gasteiger charge is 2.19. The number of hydrogen-bond acceptors (Lipinski definition) is 3. The monoisotopic (exact) mass is 269 g/mol. The largest absolute Gasteiger partial charge is 0.364 e. The molecule has 0 aromatic carbocycles. The van der Waals surface area contributed by atoms with E-state index in [0.29, 0.717) is 13.0 Å². The zero-order valence-corrected chi connectivity index (χ0v) is 12.2. The van der Waals surface area contributed by atoms with Gasteiger partial charge in [0, 0.05) is 6.92 Å². The lowest BCUT2D eigenvalue weighted by molar-refractivity contribution is -0.137. The first-order valence-electron chi connectivity index (χ1n) is 7.15. The Labute approximate surface area is 116 Å². The molecule has 0 bridgehead atoms. The number of carbonyl (C=O) groups is 2. The van der Waals surface area contributed by atoms with Gasteiger partial charge in [0.25, 0.3) is 5.91 Å². The quantitative estimate of drug-likeness (QED) is 0.463. The lowest BCUT2D eigenvalue weighted by atomic mass is 10.1. The molecule has 0 aromatic heterocycles. The van der Waals surface area contributed by atoms with Crippen LogP contribution in [0.4, 0.5) is 0 Å². The molecule has 1 atom stereocenters. The summed E-state index contributed by atoms with van der Waals surface area (Å²) in [6.07, 6.45) is 8.68. The molecule has 110 valence electrons. The van der Waals surface area contributed by atoms with Crippen molar-refractivity contribution in [1.29, 1.82) is 0 Å². The van der Waals surface area contributed by atoms with E-state index < -0.39 is 6.10 Å². The van der Waals surface area contributed by atoms with Gasteiger partial charge in [0.1, 0.15) is 6.10 Å². The number of nitrogens with one attached hydrogen (secondary N) is 1. The topological polar surface area (TPSA) is 55.4 Å². The van der Waals surface area contributed by atoms with Crippen LogP contribution >= 0.6 is 0 Å². The maximum atomic E-state index is 11.7. The Morgan fingerprint density at radius 3 is 2.42 bits per heavy atom. The van der Waals surface area contributed by atoms with Gasteiger partial charge in [0.15, 0.2) is 0 Å². The van der Waals surface area contributed by atoms with Gasteiger partial charge in [-0.3, -0.25) is 14.9 Å². The molecule has 4 heteroatoms. The fourth-order valence-corrected chi connectivity index (χ4v) is 1.84. The SMILES string of the molecule is C=CCOC(CCCCCCCC)C(=O)NC(C)=O. The van der Waals surface area contributed by atoms with Gasteiger partial charge >= 0.3 is 0 Å². The number of amides is 2. The van der Waals surface area contributed by atoms with Gasteiger partial charge < -0.3 is 4.74 Å². The predicted molar refractivity (Wildman–Crippen MR) is 76.8 cm³/mol. The van der Waals surface area contributed by atoms with Crippen molar-refractivity contribution in [2.45, 2.75) is 64.9 Å². The average Bonchev–Trinajstić information content (AvgIpc) is 2.36. The van der Waals surface area contributed by atoms with Crippen molar-refractivity contribution >= 4 is 11.8 Å². The summed E-state index contributed by atoms with van der Waals surface area (Å²) in [5.41, 5.74) is 0. The lowest BCUT2D eigenvalue weighted by Crippen LogP contribution is -2.39. The molecule has 1 N–H and O–H groups in total. The fraction of sp³-hybridized carbons (Fsp3) is 0.733. The molecule has 0 radical (unpaired) electrons. The van der Waals surface area contributed by atoms with E-state index in [1.54, 1.807) is 6.08 Å². The minimum absolute atomic E-state index is 0.325. The summed E-state index contributed by atoms with van der Waals surface area (Å²) < 4.78 is 5.40. The molecule has 1 unspecified atom stereocenters. The Balaban J connectivity index is 3.95. The van der Waals surface area contributed by atoms with Gasteiger partial charge in [0.05, 0.1) is 6.61 Å². The summed E-state index contributed by atoms with van der Waals surface area (Å²) in [7, 11) is 0. The van der Waals surface area contributed by atoms with Crippen LogP contribution in [0, 0.1) is 0 Å². The van der Waals surface area contributed by atoms with Crippen molar-refractivity contribution in [3.8, 4) is 0 Å². The van der Waals surface area contributed by atoms with Crippen LogP contribution < -0.4 is 5.32 Å². The molecular weight excluding hydrogens is 242 g/mol. The molecule has 19 heavy (non-hydrogen) atoms. The van der Waals surface area contributed by atoms with Crippen LogP contribution in [-0.4, -0.2) is 24.5 Å². The van der Waals surface area contributed by atoms with Crippen LogP contribution in [0.2, 0.25) is 0 Å². The Morgan fingerprint density at radius 2 is 1.84 bits per heavy atom. The molecule has 4 nitrogen and oxygen atoms in total. The first-order chi connectivity index (χ1) is 9.11. The second kappa shape index (κ2) is 11.9. The number of hydrogen-bond donors (Lipinski definition) is 1. The minimum atomic E-state index is -0.548. The Bertz CT molecular complexity index is 277. The zero-order chi connectivity index (χ0) is 14.5. The van der Waals surface area contributed by atoms with Crippen molar-refractivity contribution in [3.05, 3.63) is 12.7 Å². The molecular formula is C15H27NO3. The summed E-state index contributed by atoms with van der Waals surface area (Å²) in [5.74, 6) is -0.692. The van der Waals surface area contributed by atoms with Crippen LogP contribution in [0.3, 0.4) is 0 Å². The van der Waals surface area contributed by atoms with Gasteiger partial charge in [-0.25, -0.2) is 0 Å². The molecule has 2 amide bonds. The molecule has 0 heterocycles. The van der Waals surface area contributed by atoms with E-state index >= 15 is 0 Å². The van der Waals surface area contributed by atoms with E-state index in [1.807, 2.05) is 0 Å². The van der Waals surface area contributed by atoms with E-state index in [2.05, 4.69) is 18.8 Å². The number of ether oxygens (including phenoxy) is 1. The molecule has 0 fully saturated rings. The molecule has 0 saturated heterocycles. The first kappa shape index (κ1) is 17.8. The van der Waals surface area contributed by atoms with Crippen molar-refractivity contribution in [3.63, 3.8) is 0 Å². The van der Waals surface area contributed by atoms with Crippen molar-refractivity contribution in [1.82, 2.24) is 5.32 Å². The average molecular weight is 269 g/mol. The summed E-state index contributed by atoms with van der Waals surface area (Å²) >= 11 is 0. The first-order valence-corrected chi connectivity index (χ1v) is 7.15. The van der Waals surface area contributed by atoms with Crippen LogP contribution in [0.15, 0.2) is 12.7 Å². The molecule has 0 aliphatic rings. The molecule has 0 saturated carbocycles. The third-order valence-electron chi connectivity index (χ3n) is 2.83. The summed E-state index contributed by atoms with van der Waals surface area (Å²) in [5, 5.41) is 2.28. The molecule has 0 aromatic rings. The fourth-order valence-electron chi connectivity index (χ4n) is 1.84. The molecule has 0 aliphatic heterocycles. The Hall–Kier alpha value is -1.16. The van der Waals surface area contributed by atoms with Gasteiger partial charge in [-0.15, -0.1) is 6.58 Å². The van der Waals surface area contributed by atoms with Gasteiger partial charge in [-0.05, 0) is 6.42 Å². The third kappa shape index (κ3) is 10.4. The second-order valence-corrected chi connectivity index (χ2v) is 4.71.